The maximum Gasteiger partial charge on any atom is 0.166 e. The van der Waals surface area contributed by atoms with Gasteiger partial charge in [-0.2, -0.15) is 0 Å². The van der Waals surface area contributed by atoms with Crippen LogP contribution in [0, 0.1) is 11.3 Å². The summed E-state index contributed by atoms with van der Waals surface area (Å²) in [4.78, 5) is 13.1. The molecule has 0 heterocycles. The van der Waals surface area contributed by atoms with E-state index in [9.17, 15) is 4.79 Å². The maximum absolute atomic E-state index is 13.1. The molecule has 25 heavy (non-hydrogen) atoms. The summed E-state index contributed by atoms with van der Waals surface area (Å²) in [6.07, 6.45) is 6.67. The lowest BCUT2D eigenvalue weighted by molar-refractivity contribution is 0.0606. The van der Waals surface area contributed by atoms with E-state index in [2.05, 4.69) is 25.1 Å². The lowest BCUT2D eigenvalue weighted by atomic mass is 9.59. The van der Waals surface area contributed by atoms with Crippen LogP contribution in [0.3, 0.4) is 0 Å². The SMILES string of the molecule is CC1(C2CCc3ccccc3C2=O)CCC(c2ccc(Cl)cc2)CC1. The van der Waals surface area contributed by atoms with Crippen LogP contribution in [0.2, 0.25) is 5.02 Å². The van der Waals surface area contributed by atoms with Gasteiger partial charge in [-0.1, -0.05) is 54.9 Å². The molecule has 0 saturated heterocycles. The average Bonchev–Trinajstić information content (AvgIpc) is 2.63. The van der Waals surface area contributed by atoms with Crippen LogP contribution in [0.15, 0.2) is 48.5 Å². The van der Waals surface area contributed by atoms with Gasteiger partial charge in [-0.25, -0.2) is 0 Å². The Labute approximate surface area is 155 Å². The van der Waals surface area contributed by atoms with Crippen LogP contribution in [0.1, 0.15) is 66.4 Å². The summed E-state index contributed by atoms with van der Waals surface area (Å²) in [6, 6.07) is 16.5. The van der Waals surface area contributed by atoms with E-state index in [0.29, 0.717) is 11.7 Å². The van der Waals surface area contributed by atoms with Crippen molar-refractivity contribution in [2.24, 2.45) is 11.3 Å². The first-order valence-corrected chi connectivity index (χ1v) is 9.82. The molecule has 1 nitrogen and oxygen atoms in total. The molecule has 0 amide bonds. The second kappa shape index (κ2) is 6.61. The molecule has 2 aromatic carbocycles. The van der Waals surface area contributed by atoms with Gasteiger partial charge in [0.25, 0.3) is 0 Å². The van der Waals surface area contributed by atoms with E-state index in [0.717, 1.165) is 36.3 Å². The van der Waals surface area contributed by atoms with Crippen molar-refractivity contribution in [1.82, 2.24) is 0 Å². The van der Waals surface area contributed by atoms with Crippen LogP contribution in [0.25, 0.3) is 0 Å². The monoisotopic (exact) mass is 352 g/mol. The Morgan fingerprint density at radius 3 is 2.36 bits per heavy atom. The Balaban J connectivity index is 1.49. The quantitative estimate of drug-likeness (QED) is 0.607. The number of Topliss-reactive ketones (excluding diaryl/α,β-unsaturated/α-hetero) is 1. The van der Waals surface area contributed by atoms with Crippen molar-refractivity contribution < 1.29 is 4.79 Å². The first-order valence-electron chi connectivity index (χ1n) is 9.44. The highest BCUT2D eigenvalue weighted by atomic mass is 35.5. The van der Waals surface area contributed by atoms with Gasteiger partial charge in [0.15, 0.2) is 5.78 Å². The number of benzene rings is 2. The number of fused-ring (bicyclic) bond motifs is 1. The summed E-state index contributed by atoms with van der Waals surface area (Å²) in [7, 11) is 0. The molecule has 1 unspecified atom stereocenters. The molecule has 2 aliphatic carbocycles. The van der Waals surface area contributed by atoms with E-state index in [1.807, 2.05) is 30.3 Å². The smallest absolute Gasteiger partial charge is 0.166 e. The number of carbonyl (C=O) groups is 1. The van der Waals surface area contributed by atoms with E-state index >= 15 is 0 Å². The van der Waals surface area contributed by atoms with Gasteiger partial charge in [-0.15, -0.1) is 0 Å². The van der Waals surface area contributed by atoms with Crippen molar-refractivity contribution in [2.45, 2.75) is 51.4 Å². The van der Waals surface area contributed by atoms with Crippen molar-refractivity contribution in [1.29, 1.82) is 0 Å². The summed E-state index contributed by atoms with van der Waals surface area (Å²) < 4.78 is 0. The van der Waals surface area contributed by atoms with Gasteiger partial charge in [0, 0.05) is 16.5 Å². The number of rotatable bonds is 2. The zero-order chi connectivity index (χ0) is 17.4. The predicted molar refractivity (Wildman–Crippen MR) is 103 cm³/mol. The molecule has 1 atom stereocenters. The molecule has 0 aromatic heterocycles. The molecule has 0 bridgehead atoms. The molecule has 1 saturated carbocycles. The maximum atomic E-state index is 13.1. The molecular formula is C23H25ClO. The Morgan fingerprint density at radius 1 is 0.960 bits per heavy atom. The molecule has 0 radical (unpaired) electrons. The van der Waals surface area contributed by atoms with E-state index in [1.165, 1.54) is 24.0 Å². The summed E-state index contributed by atoms with van der Waals surface area (Å²) in [5, 5.41) is 0.802. The summed E-state index contributed by atoms with van der Waals surface area (Å²) >= 11 is 6.02. The second-order valence-electron chi connectivity index (χ2n) is 8.09. The fourth-order valence-electron chi connectivity index (χ4n) is 4.96. The van der Waals surface area contributed by atoms with Gasteiger partial charge in [0.05, 0.1) is 0 Å². The molecule has 130 valence electrons. The fourth-order valence-corrected chi connectivity index (χ4v) is 5.08. The van der Waals surface area contributed by atoms with Crippen LogP contribution in [0.5, 0.6) is 0 Å². The predicted octanol–water partition coefficient (Wildman–Crippen LogP) is 6.45. The minimum atomic E-state index is 0.146. The number of ketones is 1. The zero-order valence-corrected chi connectivity index (χ0v) is 15.6. The van der Waals surface area contributed by atoms with Crippen molar-refractivity contribution in [3.8, 4) is 0 Å². The van der Waals surface area contributed by atoms with Crippen molar-refractivity contribution in [2.75, 3.05) is 0 Å². The van der Waals surface area contributed by atoms with Crippen LogP contribution >= 0.6 is 11.6 Å². The third kappa shape index (κ3) is 3.15. The third-order valence-corrected chi connectivity index (χ3v) is 6.86. The Kier molecular flexibility index (Phi) is 4.45. The highest BCUT2D eigenvalue weighted by Crippen LogP contribution is 2.50. The minimum absolute atomic E-state index is 0.146. The Morgan fingerprint density at radius 2 is 1.64 bits per heavy atom. The normalized spacial score (nSPS) is 29.3. The average molecular weight is 353 g/mol. The van der Waals surface area contributed by atoms with Gasteiger partial charge in [0.2, 0.25) is 0 Å². The molecule has 2 heteroatoms. The van der Waals surface area contributed by atoms with Crippen molar-refractivity contribution >= 4 is 17.4 Å². The minimum Gasteiger partial charge on any atom is -0.294 e. The van der Waals surface area contributed by atoms with Crippen molar-refractivity contribution in [3.05, 3.63) is 70.2 Å². The summed E-state index contributed by atoms with van der Waals surface area (Å²) in [5.74, 6) is 1.18. The molecule has 0 N–H and O–H groups in total. The first-order chi connectivity index (χ1) is 12.1. The second-order valence-corrected chi connectivity index (χ2v) is 8.53. The highest BCUT2D eigenvalue weighted by Gasteiger charge is 2.43. The molecule has 0 aliphatic heterocycles. The van der Waals surface area contributed by atoms with Crippen LogP contribution in [0.4, 0.5) is 0 Å². The number of hydrogen-bond donors (Lipinski definition) is 0. The third-order valence-electron chi connectivity index (χ3n) is 6.61. The van der Waals surface area contributed by atoms with Gasteiger partial charge in [-0.05, 0) is 73.1 Å². The molecule has 1 fully saturated rings. The number of hydrogen-bond acceptors (Lipinski definition) is 1. The lowest BCUT2D eigenvalue weighted by Gasteiger charge is -2.44. The Bertz CT molecular complexity index is 769. The van der Waals surface area contributed by atoms with E-state index in [1.54, 1.807) is 0 Å². The van der Waals surface area contributed by atoms with Crippen LogP contribution in [-0.4, -0.2) is 5.78 Å². The molecule has 2 aromatic rings. The van der Waals surface area contributed by atoms with Crippen LogP contribution in [-0.2, 0) is 6.42 Å². The highest BCUT2D eigenvalue weighted by molar-refractivity contribution is 6.30. The zero-order valence-electron chi connectivity index (χ0n) is 14.8. The first kappa shape index (κ1) is 16.8. The Hall–Kier alpha value is -1.60. The van der Waals surface area contributed by atoms with Gasteiger partial charge >= 0.3 is 0 Å². The standard InChI is InChI=1S/C23H25ClO/c1-23(21-11-8-18-4-2-3-5-20(18)22(21)25)14-12-17(13-15-23)16-6-9-19(24)10-7-16/h2-7,9-10,17,21H,8,11-15H2,1H3. The van der Waals surface area contributed by atoms with Crippen LogP contribution < -0.4 is 0 Å². The molecule has 2 aliphatic rings. The summed E-state index contributed by atoms with van der Waals surface area (Å²) in [5.41, 5.74) is 3.75. The fraction of sp³-hybridized carbons (Fsp3) is 0.435. The number of halogens is 1. The molecule has 0 spiro atoms. The van der Waals surface area contributed by atoms with E-state index < -0.39 is 0 Å². The summed E-state index contributed by atoms with van der Waals surface area (Å²) in [6.45, 7) is 2.35. The molecular weight excluding hydrogens is 328 g/mol. The lowest BCUT2D eigenvalue weighted by Crippen LogP contribution is -2.39. The largest absolute Gasteiger partial charge is 0.294 e. The van der Waals surface area contributed by atoms with Crippen molar-refractivity contribution in [3.63, 3.8) is 0 Å². The van der Waals surface area contributed by atoms with Gasteiger partial charge in [0.1, 0.15) is 0 Å². The molecule has 4 rings (SSSR count). The van der Waals surface area contributed by atoms with Gasteiger partial charge in [-0.3, -0.25) is 4.79 Å². The number of aryl methyl sites for hydroxylation is 1. The van der Waals surface area contributed by atoms with Gasteiger partial charge < -0.3 is 0 Å². The van der Waals surface area contributed by atoms with E-state index in [-0.39, 0.29) is 11.3 Å². The topological polar surface area (TPSA) is 17.1 Å². The number of carbonyl (C=O) groups excluding carboxylic acids is 1. The van der Waals surface area contributed by atoms with E-state index in [4.69, 9.17) is 11.6 Å².